The minimum atomic E-state index is -0.239. The molecule has 0 aromatic heterocycles. The Morgan fingerprint density at radius 3 is 2.61 bits per heavy atom. The molecule has 0 radical (unpaired) electrons. The second kappa shape index (κ2) is 7.46. The second-order valence-electron chi connectivity index (χ2n) is 6.32. The fourth-order valence-corrected chi connectivity index (χ4v) is 3.39. The van der Waals surface area contributed by atoms with Gasteiger partial charge in [-0.3, -0.25) is 0 Å². The van der Waals surface area contributed by atoms with E-state index in [1.807, 2.05) is 6.92 Å². The maximum Gasteiger partial charge on any atom is 0.0526 e. The van der Waals surface area contributed by atoms with Crippen molar-refractivity contribution in [3.8, 4) is 0 Å². The van der Waals surface area contributed by atoms with Gasteiger partial charge >= 0.3 is 0 Å². The number of nitrogens with two attached hydrogens (primary N) is 1. The molecule has 1 saturated carbocycles. The lowest BCUT2D eigenvalue weighted by molar-refractivity contribution is 0.155. The largest absolute Gasteiger partial charge is 0.393 e. The molecule has 0 aromatic rings. The van der Waals surface area contributed by atoms with Gasteiger partial charge in [-0.2, -0.15) is 0 Å². The molecule has 0 heterocycles. The van der Waals surface area contributed by atoms with Gasteiger partial charge in [0.1, 0.15) is 0 Å². The smallest absolute Gasteiger partial charge is 0.0526 e. The molecule has 4 atom stereocenters. The van der Waals surface area contributed by atoms with Crippen molar-refractivity contribution in [3.63, 3.8) is 0 Å². The first-order chi connectivity index (χ1) is 8.51. The van der Waals surface area contributed by atoms with Crippen LogP contribution < -0.4 is 11.1 Å². The monoisotopic (exact) mass is 256 g/mol. The van der Waals surface area contributed by atoms with Crippen LogP contribution in [-0.4, -0.2) is 29.3 Å². The average Bonchev–Trinajstić information content (AvgIpc) is 2.51. The Morgan fingerprint density at radius 2 is 2.06 bits per heavy atom. The second-order valence-corrected chi connectivity index (χ2v) is 6.32. The van der Waals surface area contributed by atoms with Gasteiger partial charge in [-0.05, 0) is 45.4 Å². The summed E-state index contributed by atoms with van der Waals surface area (Å²) in [7, 11) is 0. The van der Waals surface area contributed by atoms with Gasteiger partial charge in [-0.15, -0.1) is 0 Å². The van der Waals surface area contributed by atoms with Gasteiger partial charge < -0.3 is 16.2 Å². The molecular weight excluding hydrogens is 224 g/mol. The zero-order valence-electron chi connectivity index (χ0n) is 12.4. The molecular formula is C15H32N2O. The van der Waals surface area contributed by atoms with Gasteiger partial charge in [0.25, 0.3) is 0 Å². The summed E-state index contributed by atoms with van der Waals surface area (Å²) in [5.41, 5.74) is 6.16. The van der Waals surface area contributed by atoms with E-state index < -0.39 is 0 Å². The number of hydrogen-bond acceptors (Lipinski definition) is 3. The predicted octanol–water partition coefficient (Wildman–Crippen LogP) is 2.42. The lowest BCUT2D eigenvalue weighted by atomic mass is 9.88. The predicted molar refractivity (Wildman–Crippen MR) is 77.5 cm³/mol. The highest BCUT2D eigenvalue weighted by Crippen LogP contribution is 2.32. The van der Waals surface area contributed by atoms with E-state index in [2.05, 4.69) is 19.2 Å². The van der Waals surface area contributed by atoms with Gasteiger partial charge in [0.2, 0.25) is 0 Å². The van der Waals surface area contributed by atoms with Crippen LogP contribution in [0.25, 0.3) is 0 Å². The molecule has 108 valence electrons. The van der Waals surface area contributed by atoms with Crippen molar-refractivity contribution in [2.75, 3.05) is 6.54 Å². The summed E-state index contributed by atoms with van der Waals surface area (Å²) >= 11 is 0. The van der Waals surface area contributed by atoms with E-state index in [1.165, 1.54) is 38.5 Å². The van der Waals surface area contributed by atoms with Crippen molar-refractivity contribution < 1.29 is 5.11 Å². The quantitative estimate of drug-likeness (QED) is 0.640. The van der Waals surface area contributed by atoms with Crippen LogP contribution in [0, 0.1) is 5.92 Å². The van der Waals surface area contributed by atoms with Crippen LogP contribution in [0.3, 0.4) is 0 Å². The fraction of sp³-hybridized carbons (Fsp3) is 1.00. The summed E-state index contributed by atoms with van der Waals surface area (Å²) in [4.78, 5) is 0. The molecule has 4 N–H and O–H groups in total. The minimum Gasteiger partial charge on any atom is -0.393 e. The Bertz CT molecular complexity index is 233. The topological polar surface area (TPSA) is 58.3 Å². The van der Waals surface area contributed by atoms with Gasteiger partial charge in [0.05, 0.1) is 6.10 Å². The molecule has 0 amide bonds. The summed E-state index contributed by atoms with van der Waals surface area (Å²) in [5.74, 6) is 0.882. The highest BCUT2D eigenvalue weighted by molar-refractivity contribution is 4.93. The van der Waals surface area contributed by atoms with Crippen LogP contribution in [0.2, 0.25) is 0 Å². The third-order valence-electron chi connectivity index (χ3n) is 4.51. The molecule has 1 fully saturated rings. The van der Waals surface area contributed by atoms with E-state index >= 15 is 0 Å². The van der Waals surface area contributed by atoms with Gasteiger partial charge in [-0.1, -0.05) is 26.2 Å². The molecule has 0 saturated heterocycles. The van der Waals surface area contributed by atoms with E-state index in [0.717, 1.165) is 12.3 Å². The highest BCUT2D eigenvalue weighted by atomic mass is 16.3. The van der Waals surface area contributed by atoms with Gasteiger partial charge in [-0.25, -0.2) is 0 Å². The third kappa shape index (κ3) is 4.87. The van der Waals surface area contributed by atoms with Gasteiger partial charge in [0.15, 0.2) is 0 Å². The highest BCUT2D eigenvalue weighted by Gasteiger charge is 2.32. The zero-order chi connectivity index (χ0) is 13.6. The molecule has 0 bridgehead atoms. The van der Waals surface area contributed by atoms with Crippen LogP contribution in [0.1, 0.15) is 65.7 Å². The number of hydrogen-bond donors (Lipinski definition) is 3. The van der Waals surface area contributed by atoms with E-state index in [-0.39, 0.29) is 11.6 Å². The Balaban J connectivity index is 2.56. The molecule has 18 heavy (non-hydrogen) atoms. The summed E-state index contributed by atoms with van der Waals surface area (Å²) in [6.07, 6.45) is 8.16. The molecule has 1 rings (SSSR count). The normalized spacial score (nSPS) is 32.8. The zero-order valence-corrected chi connectivity index (χ0v) is 12.4. The van der Waals surface area contributed by atoms with Gasteiger partial charge in [0, 0.05) is 18.1 Å². The summed E-state index contributed by atoms with van der Waals surface area (Å²) in [6.45, 7) is 7.02. The van der Waals surface area contributed by atoms with Crippen molar-refractivity contribution in [2.45, 2.75) is 83.4 Å². The number of aliphatic hydroxyl groups is 1. The van der Waals surface area contributed by atoms with E-state index in [9.17, 15) is 5.11 Å². The first-order valence-electron chi connectivity index (χ1n) is 7.67. The number of nitrogens with one attached hydrogen (secondary N) is 1. The fourth-order valence-electron chi connectivity index (χ4n) is 3.39. The van der Waals surface area contributed by atoms with Crippen molar-refractivity contribution in [3.05, 3.63) is 0 Å². The molecule has 4 unspecified atom stereocenters. The van der Waals surface area contributed by atoms with Crippen LogP contribution in [0.5, 0.6) is 0 Å². The van der Waals surface area contributed by atoms with Crippen molar-refractivity contribution in [2.24, 2.45) is 11.7 Å². The summed E-state index contributed by atoms with van der Waals surface area (Å²) in [5, 5.41) is 13.2. The van der Waals surface area contributed by atoms with Crippen molar-refractivity contribution >= 4 is 0 Å². The van der Waals surface area contributed by atoms with Crippen LogP contribution in [-0.2, 0) is 0 Å². The van der Waals surface area contributed by atoms with Crippen molar-refractivity contribution in [1.29, 1.82) is 0 Å². The molecule has 1 aliphatic rings. The maximum atomic E-state index is 9.47. The number of rotatable bonds is 6. The molecule has 1 aliphatic carbocycles. The molecule has 0 aliphatic heterocycles. The summed E-state index contributed by atoms with van der Waals surface area (Å²) in [6, 6.07) is 0.340. The first-order valence-corrected chi connectivity index (χ1v) is 7.67. The van der Waals surface area contributed by atoms with Crippen molar-refractivity contribution in [1.82, 2.24) is 5.32 Å². The minimum absolute atomic E-state index is 0.109. The molecule has 0 aromatic carbocycles. The van der Waals surface area contributed by atoms with E-state index in [1.54, 1.807) is 0 Å². The molecule has 3 nitrogen and oxygen atoms in total. The van der Waals surface area contributed by atoms with Crippen LogP contribution >= 0.6 is 0 Å². The van der Waals surface area contributed by atoms with Crippen LogP contribution in [0.15, 0.2) is 0 Å². The SMILES string of the molecule is CCC1CCCC(CN)(NC(C)CC(C)O)CC1. The Labute approximate surface area is 113 Å². The number of aliphatic hydroxyl groups excluding tert-OH is 1. The lowest BCUT2D eigenvalue weighted by Gasteiger charge is -2.36. The van der Waals surface area contributed by atoms with E-state index in [0.29, 0.717) is 12.6 Å². The molecule has 0 spiro atoms. The van der Waals surface area contributed by atoms with E-state index in [4.69, 9.17) is 5.73 Å². The molecule has 3 heteroatoms. The third-order valence-corrected chi connectivity index (χ3v) is 4.51. The van der Waals surface area contributed by atoms with Crippen LogP contribution in [0.4, 0.5) is 0 Å². The Morgan fingerprint density at radius 1 is 1.33 bits per heavy atom. The lowest BCUT2D eigenvalue weighted by Crippen LogP contribution is -2.54. The maximum absolute atomic E-state index is 9.47. The average molecular weight is 256 g/mol. The first kappa shape index (κ1) is 15.9. The Kier molecular flexibility index (Phi) is 6.61. The summed E-state index contributed by atoms with van der Waals surface area (Å²) < 4.78 is 0. The Hall–Kier alpha value is -0.120. The standard InChI is InChI=1S/C15H32N2O/c1-4-14-6-5-8-15(11-16,9-7-14)17-12(2)10-13(3)18/h12-14,17-18H,4-11,16H2,1-3H3.